The summed E-state index contributed by atoms with van der Waals surface area (Å²) >= 11 is 6.01. The van der Waals surface area contributed by atoms with Gasteiger partial charge in [-0.3, -0.25) is 9.59 Å². The Morgan fingerprint density at radius 3 is 2.25 bits per heavy atom. The smallest absolute Gasteiger partial charge is 0.271 e. The Bertz CT molecular complexity index is 1020. The van der Waals surface area contributed by atoms with Crippen LogP contribution in [0.25, 0.3) is 0 Å². The minimum Gasteiger partial charge on any atom is -0.322 e. The predicted octanol–water partition coefficient (Wildman–Crippen LogP) is 4.50. The van der Waals surface area contributed by atoms with Gasteiger partial charge in [0.2, 0.25) is 0 Å². The number of hydrogen-bond donors (Lipinski definition) is 2. The molecule has 3 aromatic carbocycles. The van der Waals surface area contributed by atoms with E-state index in [1.807, 2.05) is 0 Å². The molecule has 0 bridgehead atoms. The molecule has 0 aliphatic carbocycles. The molecule has 5 nitrogen and oxygen atoms in total. The lowest BCUT2D eigenvalue weighted by Gasteiger charge is -2.07. The first-order valence-electron chi connectivity index (χ1n) is 8.28. The molecule has 0 saturated heterocycles. The number of anilines is 1. The Morgan fingerprint density at radius 1 is 0.893 bits per heavy atom. The maximum atomic E-state index is 12.8. The van der Waals surface area contributed by atoms with Crippen molar-refractivity contribution in [3.05, 3.63) is 100 Å². The highest BCUT2D eigenvalue weighted by Gasteiger charge is 2.10. The number of halogens is 2. The topological polar surface area (TPSA) is 70.6 Å². The number of nitrogens with one attached hydrogen (secondary N) is 2. The molecular formula is C21H15ClFN3O2. The van der Waals surface area contributed by atoms with Crippen LogP contribution in [0.5, 0.6) is 0 Å². The fourth-order valence-electron chi connectivity index (χ4n) is 2.33. The molecule has 0 atom stereocenters. The zero-order chi connectivity index (χ0) is 19.9. The molecule has 0 aliphatic rings. The quantitative estimate of drug-likeness (QED) is 0.493. The van der Waals surface area contributed by atoms with Crippen LogP contribution in [0.4, 0.5) is 10.1 Å². The summed E-state index contributed by atoms with van der Waals surface area (Å²) in [5, 5.41) is 6.91. The molecular weight excluding hydrogens is 381 g/mol. The predicted molar refractivity (Wildman–Crippen MR) is 107 cm³/mol. The van der Waals surface area contributed by atoms with E-state index < -0.39 is 5.91 Å². The van der Waals surface area contributed by atoms with E-state index in [-0.39, 0.29) is 11.7 Å². The Kier molecular flexibility index (Phi) is 6.14. The summed E-state index contributed by atoms with van der Waals surface area (Å²) in [6, 6.07) is 18.7. The Morgan fingerprint density at radius 2 is 1.57 bits per heavy atom. The summed E-state index contributed by atoms with van der Waals surface area (Å²) in [6.07, 6.45) is 1.41. The second-order valence-corrected chi connectivity index (χ2v) is 6.17. The molecule has 3 aromatic rings. The molecule has 0 aromatic heterocycles. The van der Waals surface area contributed by atoms with Crippen molar-refractivity contribution in [2.45, 2.75) is 0 Å². The molecule has 0 radical (unpaired) electrons. The SMILES string of the molecule is O=C(NN=Cc1ccc(F)cc1)c1ccc(NC(=O)c2ccccc2Cl)cc1. The van der Waals surface area contributed by atoms with Gasteiger partial charge in [-0.1, -0.05) is 35.9 Å². The standard InChI is InChI=1S/C21H15ClFN3O2/c22-19-4-2-1-3-18(19)21(28)25-17-11-7-15(8-12-17)20(27)26-24-13-14-5-9-16(23)10-6-14/h1-13H,(H,25,28)(H,26,27). The first-order chi connectivity index (χ1) is 13.5. The van der Waals surface area contributed by atoms with Crippen LogP contribution in [0.15, 0.2) is 77.9 Å². The average Bonchev–Trinajstić information content (AvgIpc) is 2.70. The van der Waals surface area contributed by atoms with Crippen molar-refractivity contribution in [1.82, 2.24) is 5.43 Å². The van der Waals surface area contributed by atoms with E-state index in [1.165, 1.54) is 18.3 Å². The molecule has 28 heavy (non-hydrogen) atoms. The number of benzene rings is 3. The molecule has 3 rings (SSSR count). The largest absolute Gasteiger partial charge is 0.322 e. The first-order valence-corrected chi connectivity index (χ1v) is 8.65. The minimum absolute atomic E-state index is 0.341. The minimum atomic E-state index is -0.414. The number of hydrazone groups is 1. The van der Waals surface area contributed by atoms with E-state index in [9.17, 15) is 14.0 Å². The van der Waals surface area contributed by atoms with Crippen molar-refractivity contribution in [3.8, 4) is 0 Å². The van der Waals surface area contributed by atoms with Gasteiger partial charge in [-0.25, -0.2) is 9.82 Å². The van der Waals surface area contributed by atoms with Crippen LogP contribution in [0.3, 0.4) is 0 Å². The Labute approximate surface area is 165 Å². The van der Waals surface area contributed by atoms with Crippen molar-refractivity contribution in [2.75, 3.05) is 5.32 Å². The van der Waals surface area contributed by atoms with Crippen LogP contribution >= 0.6 is 11.6 Å². The van der Waals surface area contributed by atoms with Crippen LogP contribution in [0.1, 0.15) is 26.3 Å². The fraction of sp³-hybridized carbons (Fsp3) is 0. The van der Waals surface area contributed by atoms with Gasteiger partial charge in [-0.15, -0.1) is 0 Å². The molecule has 140 valence electrons. The third-order valence-corrected chi connectivity index (χ3v) is 4.10. The van der Waals surface area contributed by atoms with Gasteiger partial charge in [0.15, 0.2) is 0 Å². The summed E-state index contributed by atoms with van der Waals surface area (Å²) in [5.74, 6) is -1.10. The normalized spacial score (nSPS) is 10.6. The summed E-state index contributed by atoms with van der Waals surface area (Å²) < 4.78 is 12.8. The molecule has 2 amide bonds. The molecule has 0 spiro atoms. The molecule has 0 heterocycles. The third kappa shape index (κ3) is 5.02. The lowest BCUT2D eigenvalue weighted by Crippen LogP contribution is -2.18. The Balaban J connectivity index is 1.59. The van der Waals surface area contributed by atoms with E-state index in [0.29, 0.717) is 27.4 Å². The van der Waals surface area contributed by atoms with Crippen molar-refractivity contribution in [2.24, 2.45) is 5.10 Å². The fourth-order valence-corrected chi connectivity index (χ4v) is 2.55. The molecule has 0 fully saturated rings. The van der Waals surface area contributed by atoms with Crippen molar-refractivity contribution >= 4 is 35.3 Å². The number of hydrogen-bond acceptors (Lipinski definition) is 3. The van der Waals surface area contributed by atoms with Gasteiger partial charge in [-0.05, 0) is 54.1 Å². The number of rotatable bonds is 5. The van der Waals surface area contributed by atoms with E-state index in [2.05, 4.69) is 15.8 Å². The van der Waals surface area contributed by atoms with E-state index in [4.69, 9.17) is 11.6 Å². The van der Waals surface area contributed by atoms with Crippen LogP contribution in [0, 0.1) is 5.82 Å². The number of carbonyl (C=O) groups is 2. The van der Waals surface area contributed by atoms with Crippen LogP contribution in [-0.4, -0.2) is 18.0 Å². The highest BCUT2D eigenvalue weighted by atomic mass is 35.5. The number of carbonyl (C=O) groups excluding carboxylic acids is 2. The maximum absolute atomic E-state index is 12.8. The second-order valence-electron chi connectivity index (χ2n) is 5.76. The van der Waals surface area contributed by atoms with Gasteiger partial charge >= 0.3 is 0 Å². The molecule has 0 unspecified atom stereocenters. The highest BCUT2D eigenvalue weighted by molar-refractivity contribution is 6.34. The average molecular weight is 396 g/mol. The van der Waals surface area contributed by atoms with Crippen LogP contribution < -0.4 is 10.7 Å². The van der Waals surface area contributed by atoms with E-state index in [1.54, 1.807) is 60.7 Å². The zero-order valence-corrected chi connectivity index (χ0v) is 15.3. The highest BCUT2D eigenvalue weighted by Crippen LogP contribution is 2.17. The van der Waals surface area contributed by atoms with Gasteiger partial charge in [0.25, 0.3) is 11.8 Å². The van der Waals surface area contributed by atoms with Gasteiger partial charge in [0.1, 0.15) is 5.82 Å². The van der Waals surface area contributed by atoms with Crippen molar-refractivity contribution in [1.29, 1.82) is 0 Å². The molecule has 2 N–H and O–H groups in total. The molecule has 7 heteroatoms. The summed E-state index contributed by atoms with van der Waals surface area (Å²) in [6.45, 7) is 0. The lowest BCUT2D eigenvalue weighted by molar-refractivity contribution is 0.0954. The zero-order valence-electron chi connectivity index (χ0n) is 14.5. The van der Waals surface area contributed by atoms with E-state index in [0.717, 1.165) is 0 Å². The van der Waals surface area contributed by atoms with Crippen molar-refractivity contribution < 1.29 is 14.0 Å². The van der Waals surface area contributed by atoms with Crippen LogP contribution in [0.2, 0.25) is 5.02 Å². The van der Waals surface area contributed by atoms with Gasteiger partial charge < -0.3 is 5.32 Å². The Hall–Kier alpha value is -3.51. The van der Waals surface area contributed by atoms with Gasteiger partial charge in [-0.2, -0.15) is 5.10 Å². The monoisotopic (exact) mass is 395 g/mol. The van der Waals surface area contributed by atoms with Gasteiger partial charge in [0.05, 0.1) is 16.8 Å². The molecule has 0 saturated carbocycles. The van der Waals surface area contributed by atoms with Crippen LogP contribution in [-0.2, 0) is 0 Å². The van der Waals surface area contributed by atoms with Crippen molar-refractivity contribution in [3.63, 3.8) is 0 Å². The van der Waals surface area contributed by atoms with Gasteiger partial charge in [0, 0.05) is 11.3 Å². The number of nitrogens with zero attached hydrogens (tertiary/aromatic N) is 1. The molecule has 0 aliphatic heterocycles. The maximum Gasteiger partial charge on any atom is 0.271 e. The summed E-state index contributed by atoms with van der Waals surface area (Å²) in [4.78, 5) is 24.3. The van der Waals surface area contributed by atoms with E-state index >= 15 is 0 Å². The number of amides is 2. The second kappa shape index (κ2) is 8.92. The third-order valence-electron chi connectivity index (χ3n) is 3.77. The summed E-state index contributed by atoms with van der Waals surface area (Å²) in [5.41, 5.74) is 4.29. The summed E-state index contributed by atoms with van der Waals surface area (Å²) in [7, 11) is 0. The first kappa shape index (κ1) is 19.3. The lowest BCUT2D eigenvalue weighted by atomic mass is 10.1.